The largest absolute Gasteiger partial charge is 0.338 e. The van der Waals surface area contributed by atoms with Crippen molar-refractivity contribution >= 4 is 21.6 Å². The fourth-order valence-electron chi connectivity index (χ4n) is 2.18. The highest BCUT2D eigenvalue weighted by Gasteiger charge is 2.20. The van der Waals surface area contributed by atoms with Gasteiger partial charge in [-0.3, -0.25) is 4.90 Å². The number of fused-ring (bicyclic) bond motifs is 1. The molecule has 0 N–H and O–H groups in total. The van der Waals surface area contributed by atoms with Crippen molar-refractivity contribution in [2.45, 2.75) is 39.3 Å². The van der Waals surface area contributed by atoms with Crippen molar-refractivity contribution in [2.24, 2.45) is 0 Å². The lowest BCUT2D eigenvalue weighted by molar-refractivity contribution is 0.202. The van der Waals surface area contributed by atoms with Crippen molar-refractivity contribution in [1.29, 1.82) is 0 Å². The zero-order chi connectivity index (χ0) is 15.7. The van der Waals surface area contributed by atoms with E-state index in [1.807, 2.05) is 18.2 Å². The summed E-state index contributed by atoms with van der Waals surface area (Å²) in [4.78, 5) is 11.3. The monoisotopic (exact) mass is 316 g/mol. The van der Waals surface area contributed by atoms with Gasteiger partial charge < -0.3 is 4.52 Å². The van der Waals surface area contributed by atoms with Crippen LogP contribution in [0.15, 0.2) is 28.8 Å². The van der Waals surface area contributed by atoms with Gasteiger partial charge in [0.1, 0.15) is 5.01 Å². The molecule has 0 amide bonds. The van der Waals surface area contributed by atoms with Crippen LogP contribution >= 0.6 is 11.3 Å². The quantitative estimate of drug-likeness (QED) is 0.712. The highest BCUT2D eigenvalue weighted by Crippen LogP contribution is 2.25. The predicted molar refractivity (Wildman–Crippen MR) is 87.9 cm³/mol. The maximum Gasteiger partial charge on any atom is 0.243 e. The number of aromatic nitrogens is 3. The van der Waals surface area contributed by atoms with E-state index in [1.165, 1.54) is 4.70 Å². The summed E-state index contributed by atoms with van der Waals surface area (Å²) >= 11 is 1.73. The van der Waals surface area contributed by atoms with Gasteiger partial charge in [-0.05, 0) is 26.1 Å². The van der Waals surface area contributed by atoms with Gasteiger partial charge in [-0.2, -0.15) is 4.98 Å². The summed E-state index contributed by atoms with van der Waals surface area (Å²) in [6.07, 6.45) is 0. The molecular formula is C16H20N4OS. The molecule has 0 saturated heterocycles. The lowest BCUT2D eigenvalue weighted by Gasteiger charge is -2.20. The number of rotatable bonds is 5. The Labute approximate surface area is 134 Å². The zero-order valence-electron chi connectivity index (χ0n) is 13.3. The minimum absolute atomic E-state index is 0.0620. The summed E-state index contributed by atoms with van der Waals surface area (Å²) in [5.41, 5.74) is 1.06. The van der Waals surface area contributed by atoms with Crippen LogP contribution < -0.4 is 0 Å². The molecule has 0 bridgehead atoms. The van der Waals surface area contributed by atoms with E-state index in [0.717, 1.165) is 22.9 Å². The molecule has 2 aromatic heterocycles. The standard InChI is InChI=1S/C16H20N4OS/c1-10(2)15-18-16(21-19-15)11(3)20(4)9-14-17-12-7-5-6-8-13(12)22-14/h5-8,10-11H,9H2,1-4H3/t11-/m0/s1. The van der Waals surface area contributed by atoms with Gasteiger partial charge >= 0.3 is 0 Å². The number of thiazole rings is 1. The second-order valence-corrected chi connectivity index (χ2v) is 6.93. The summed E-state index contributed by atoms with van der Waals surface area (Å²) in [5.74, 6) is 1.70. The van der Waals surface area contributed by atoms with Crippen LogP contribution in [0.4, 0.5) is 0 Å². The Hall–Kier alpha value is -1.79. The second kappa shape index (κ2) is 6.14. The highest BCUT2D eigenvalue weighted by atomic mass is 32.1. The molecule has 5 nitrogen and oxygen atoms in total. The Morgan fingerprint density at radius 3 is 2.64 bits per heavy atom. The van der Waals surface area contributed by atoms with Crippen LogP contribution in [0.25, 0.3) is 10.2 Å². The third kappa shape index (κ3) is 3.03. The predicted octanol–water partition coefficient (Wildman–Crippen LogP) is 4.00. The smallest absolute Gasteiger partial charge is 0.243 e. The number of hydrogen-bond acceptors (Lipinski definition) is 6. The molecule has 3 aromatic rings. The molecule has 22 heavy (non-hydrogen) atoms. The molecule has 1 atom stereocenters. The van der Waals surface area contributed by atoms with Crippen LogP contribution in [0.5, 0.6) is 0 Å². The van der Waals surface area contributed by atoms with Gasteiger partial charge in [-0.25, -0.2) is 4.98 Å². The molecule has 0 aliphatic rings. The Morgan fingerprint density at radius 2 is 1.95 bits per heavy atom. The van der Waals surface area contributed by atoms with Gasteiger partial charge in [0.15, 0.2) is 5.82 Å². The molecule has 0 aliphatic carbocycles. The molecule has 6 heteroatoms. The van der Waals surface area contributed by atoms with Crippen LogP contribution in [0, 0.1) is 0 Å². The first-order valence-electron chi connectivity index (χ1n) is 7.42. The summed E-state index contributed by atoms with van der Waals surface area (Å²) in [6.45, 7) is 6.96. The molecule has 0 aliphatic heterocycles. The SMILES string of the molecule is CC(C)c1noc([C@H](C)N(C)Cc2nc3ccccc3s2)n1. The molecule has 3 rings (SSSR count). The van der Waals surface area contributed by atoms with Crippen LogP contribution in [0.1, 0.15) is 49.5 Å². The van der Waals surface area contributed by atoms with Crippen LogP contribution in [-0.4, -0.2) is 27.1 Å². The lowest BCUT2D eigenvalue weighted by atomic mass is 10.2. The first kappa shape index (κ1) is 15.1. The van der Waals surface area contributed by atoms with Crippen molar-refractivity contribution in [3.05, 3.63) is 41.0 Å². The number of para-hydroxylation sites is 1. The average molecular weight is 316 g/mol. The second-order valence-electron chi connectivity index (χ2n) is 5.81. The summed E-state index contributed by atoms with van der Waals surface area (Å²) in [5, 5.41) is 5.13. The van der Waals surface area contributed by atoms with Crippen molar-refractivity contribution in [1.82, 2.24) is 20.0 Å². The molecule has 0 unspecified atom stereocenters. The third-order valence-electron chi connectivity index (χ3n) is 3.72. The van der Waals surface area contributed by atoms with E-state index in [0.29, 0.717) is 5.89 Å². The average Bonchev–Trinajstić information content (AvgIpc) is 3.12. The van der Waals surface area contributed by atoms with Crippen molar-refractivity contribution in [3.63, 3.8) is 0 Å². The topological polar surface area (TPSA) is 55.1 Å². The van der Waals surface area contributed by atoms with Crippen molar-refractivity contribution in [3.8, 4) is 0 Å². The molecule has 0 radical (unpaired) electrons. The minimum Gasteiger partial charge on any atom is -0.338 e. The molecule has 0 saturated carbocycles. The molecule has 1 aromatic carbocycles. The number of hydrogen-bond donors (Lipinski definition) is 0. The van der Waals surface area contributed by atoms with E-state index < -0.39 is 0 Å². The van der Waals surface area contributed by atoms with Crippen LogP contribution in [-0.2, 0) is 6.54 Å². The van der Waals surface area contributed by atoms with Gasteiger partial charge in [0.2, 0.25) is 5.89 Å². The van der Waals surface area contributed by atoms with Gasteiger partial charge in [0, 0.05) is 5.92 Å². The first-order valence-corrected chi connectivity index (χ1v) is 8.24. The molecule has 2 heterocycles. The van der Waals surface area contributed by atoms with E-state index in [9.17, 15) is 0 Å². The first-order chi connectivity index (χ1) is 10.5. The van der Waals surface area contributed by atoms with E-state index in [1.54, 1.807) is 11.3 Å². The zero-order valence-corrected chi connectivity index (χ0v) is 14.1. The Morgan fingerprint density at radius 1 is 1.18 bits per heavy atom. The lowest BCUT2D eigenvalue weighted by Crippen LogP contribution is -2.22. The summed E-state index contributed by atoms with van der Waals surface area (Å²) in [6, 6.07) is 8.28. The summed E-state index contributed by atoms with van der Waals surface area (Å²) < 4.78 is 6.61. The van der Waals surface area contributed by atoms with E-state index in [4.69, 9.17) is 4.52 Å². The molecular weight excluding hydrogens is 296 g/mol. The van der Waals surface area contributed by atoms with Crippen molar-refractivity contribution < 1.29 is 4.52 Å². The Kier molecular flexibility index (Phi) is 4.22. The highest BCUT2D eigenvalue weighted by molar-refractivity contribution is 7.18. The van der Waals surface area contributed by atoms with E-state index >= 15 is 0 Å². The minimum atomic E-state index is 0.0620. The van der Waals surface area contributed by atoms with Crippen LogP contribution in [0.3, 0.4) is 0 Å². The third-order valence-corrected chi connectivity index (χ3v) is 4.74. The maximum atomic E-state index is 5.39. The number of benzene rings is 1. The fourth-order valence-corrected chi connectivity index (χ4v) is 3.21. The summed E-state index contributed by atoms with van der Waals surface area (Å²) in [7, 11) is 2.05. The van der Waals surface area contributed by atoms with Gasteiger partial charge in [0.25, 0.3) is 0 Å². The van der Waals surface area contributed by atoms with E-state index in [2.05, 4.69) is 53.9 Å². The Bertz CT molecular complexity index is 731. The maximum absolute atomic E-state index is 5.39. The molecule has 116 valence electrons. The number of nitrogens with zero attached hydrogens (tertiary/aromatic N) is 4. The van der Waals surface area contributed by atoms with Gasteiger partial charge in [-0.15, -0.1) is 11.3 Å². The molecule has 0 fully saturated rings. The van der Waals surface area contributed by atoms with Crippen LogP contribution in [0.2, 0.25) is 0 Å². The molecule has 0 spiro atoms. The Balaban J connectivity index is 1.73. The van der Waals surface area contributed by atoms with Gasteiger partial charge in [-0.1, -0.05) is 31.1 Å². The fraction of sp³-hybridized carbons (Fsp3) is 0.438. The van der Waals surface area contributed by atoms with Gasteiger partial charge in [0.05, 0.1) is 22.8 Å². The van der Waals surface area contributed by atoms with Crippen molar-refractivity contribution in [2.75, 3.05) is 7.05 Å². The van der Waals surface area contributed by atoms with E-state index in [-0.39, 0.29) is 12.0 Å². The normalized spacial score (nSPS) is 13.4.